The number of thioether (sulfide) groups is 1. The fourth-order valence-corrected chi connectivity index (χ4v) is 5.67. The van der Waals surface area contributed by atoms with Crippen LogP contribution >= 0.6 is 47.2 Å². The fourth-order valence-electron chi connectivity index (χ4n) is 3.91. The number of carbonyl (C=O) groups is 2. The monoisotopic (exact) mass is 599 g/mol. The molecule has 0 spiro atoms. The fraction of sp³-hybridized carbons (Fsp3) is 0.138. The van der Waals surface area contributed by atoms with Crippen LogP contribution in [0.2, 0.25) is 10.0 Å². The number of hydrogen-bond donors (Lipinski definition) is 1. The van der Waals surface area contributed by atoms with Gasteiger partial charge in [0.2, 0.25) is 0 Å². The van der Waals surface area contributed by atoms with Crippen LogP contribution in [-0.2, 0) is 17.8 Å². The number of thiocarbonyl (C=S) groups is 1. The summed E-state index contributed by atoms with van der Waals surface area (Å²) in [5.41, 5.74) is 2.76. The highest BCUT2D eigenvalue weighted by atomic mass is 35.5. The zero-order chi connectivity index (χ0) is 28.1. The predicted octanol–water partition coefficient (Wildman–Crippen LogP) is 7.80. The van der Waals surface area contributed by atoms with Gasteiger partial charge in [0, 0.05) is 21.2 Å². The molecule has 0 saturated carbocycles. The lowest BCUT2D eigenvalue weighted by atomic mass is 10.0. The molecule has 1 heterocycles. The molecule has 0 aromatic heterocycles. The van der Waals surface area contributed by atoms with E-state index in [0.717, 1.165) is 22.9 Å². The zero-order valence-electron chi connectivity index (χ0n) is 20.8. The van der Waals surface area contributed by atoms with Crippen LogP contribution in [0.15, 0.2) is 72.2 Å². The molecule has 1 aliphatic heterocycles. The van der Waals surface area contributed by atoms with E-state index in [1.54, 1.807) is 48.6 Å². The summed E-state index contributed by atoms with van der Waals surface area (Å²) < 4.78 is 12.4. The normalized spacial score (nSPS) is 14.1. The molecule has 0 aliphatic carbocycles. The second-order valence-electron chi connectivity index (χ2n) is 8.33. The molecule has 1 aliphatic rings. The van der Waals surface area contributed by atoms with Gasteiger partial charge in [0.25, 0.3) is 5.91 Å². The number of halogens is 2. The van der Waals surface area contributed by atoms with Gasteiger partial charge < -0.3 is 14.6 Å². The first kappa shape index (κ1) is 28.7. The molecule has 3 aromatic rings. The molecule has 0 unspecified atom stereocenters. The van der Waals surface area contributed by atoms with Crippen LogP contribution in [-0.4, -0.2) is 27.9 Å². The summed E-state index contributed by atoms with van der Waals surface area (Å²) in [5.74, 6) is -0.360. The minimum Gasteiger partial charge on any atom is -0.490 e. The quantitative estimate of drug-likeness (QED) is 0.145. The summed E-state index contributed by atoms with van der Waals surface area (Å²) in [7, 11) is 0. The van der Waals surface area contributed by atoms with Gasteiger partial charge in [0.1, 0.15) is 6.61 Å². The number of rotatable bonds is 10. The Morgan fingerprint density at radius 2 is 1.92 bits per heavy atom. The Kier molecular flexibility index (Phi) is 9.35. The van der Waals surface area contributed by atoms with Crippen molar-refractivity contribution >= 4 is 75.1 Å². The standard InChI is InChI=1S/C29H23Cl2NO5S2/c1-3-6-18-11-17(12-24(36-4-2)26(18)37-16-20-9-10-21(30)15-23(20)31)13-25-27(33)32(29(38)39-25)22-8-5-7-19(14-22)28(34)35/h3,5,7-15H,1,4,6,16H2,2H3,(H,34,35)/b25-13+. The van der Waals surface area contributed by atoms with Crippen LogP contribution in [0.1, 0.15) is 34.0 Å². The van der Waals surface area contributed by atoms with Crippen LogP contribution in [0, 0.1) is 0 Å². The number of amides is 1. The minimum absolute atomic E-state index is 0.0661. The van der Waals surface area contributed by atoms with Crippen LogP contribution in [0.25, 0.3) is 6.08 Å². The molecular weight excluding hydrogens is 577 g/mol. The second kappa shape index (κ2) is 12.7. The third-order valence-electron chi connectivity index (χ3n) is 5.65. The Morgan fingerprint density at radius 3 is 2.62 bits per heavy atom. The van der Waals surface area contributed by atoms with Gasteiger partial charge in [-0.15, -0.1) is 6.58 Å². The minimum atomic E-state index is -1.09. The molecule has 1 saturated heterocycles. The van der Waals surface area contributed by atoms with Crippen molar-refractivity contribution in [2.24, 2.45) is 0 Å². The van der Waals surface area contributed by atoms with Crippen LogP contribution in [0.4, 0.5) is 5.69 Å². The van der Waals surface area contributed by atoms with E-state index >= 15 is 0 Å². The summed E-state index contributed by atoms with van der Waals surface area (Å²) in [6.07, 6.45) is 3.98. The van der Waals surface area contributed by atoms with Crippen molar-refractivity contribution in [1.82, 2.24) is 0 Å². The van der Waals surface area contributed by atoms with E-state index in [1.807, 2.05) is 13.0 Å². The first-order valence-electron chi connectivity index (χ1n) is 11.8. The highest BCUT2D eigenvalue weighted by Gasteiger charge is 2.33. The first-order valence-corrected chi connectivity index (χ1v) is 13.8. The number of carboxylic acid groups (broad SMARTS) is 1. The predicted molar refractivity (Wildman–Crippen MR) is 161 cm³/mol. The molecule has 10 heteroatoms. The lowest BCUT2D eigenvalue weighted by Crippen LogP contribution is -2.27. The van der Waals surface area contributed by atoms with E-state index in [0.29, 0.717) is 55.0 Å². The molecule has 4 rings (SSSR count). The third-order valence-corrected chi connectivity index (χ3v) is 7.54. The average molecular weight is 601 g/mol. The van der Waals surface area contributed by atoms with E-state index in [4.69, 9.17) is 44.9 Å². The van der Waals surface area contributed by atoms with Gasteiger partial charge in [-0.25, -0.2) is 4.79 Å². The molecular formula is C29H23Cl2NO5S2. The van der Waals surface area contributed by atoms with E-state index in [2.05, 4.69) is 6.58 Å². The molecule has 200 valence electrons. The van der Waals surface area contributed by atoms with Crippen molar-refractivity contribution in [3.05, 3.63) is 104 Å². The van der Waals surface area contributed by atoms with Gasteiger partial charge in [-0.2, -0.15) is 0 Å². The highest BCUT2D eigenvalue weighted by molar-refractivity contribution is 8.27. The maximum atomic E-state index is 13.3. The topological polar surface area (TPSA) is 76.1 Å². The Labute approximate surface area is 245 Å². The van der Waals surface area contributed by atoms with Crippen LogP contribution < -0.4 is 14.4 Å². The summed E-state index contributed by atoms with van der Waals surface area (Å²) >= 11 is 18.9. The number of carboxylic acids is 1. The van der Waals surface area contributed by atoms with Crippen LogP contribution in [0.5, 0.6) is 11.5 Å². The molecule has 0 atom stereocenters. The van der Waals surface area contributed by atoms with E-state index in [1.165, 1.54) is 17.0 Å². The maximum absolute atomic E-state index is 13.3. The van der Waals surface area contributed by atoms with E-state index in [9.17, 15) is 14.7 Å². The lowest BCUT2D eigenvalue weighted by Gasteiger charge is -2.17. The number of nitrogens with zero attached hydrogens (tertiary/aromatic N) is 1. The Bertz CT molecular complexity index is 1500. The number of allylic oxidation sites excluding steroid dienone is 1. The van der Waals surface area contributed by atoms with Crippen molar-refractivity contribution in [1.29, 1.82) is 0 Å². The van der Waals surface area contributed by atoms with E-state index in [-0.39, 0.29) is 18.1 Å². The number of hydrogen-bond acceptors (Lipinski definition) is 6. The maximum Gasteiger partial charge on any atom is 0.335 e. The van der Waals surface area contributed by atoms with Crippen molar-refractivity contribution in [2.45, 2.75) is 20.0 Å². The Balaban J connectivity index is 1.67. The molecule has 0 radical (unpaired) electrons. The lowest BCUT2D eigenvalue weighted by molar-refractivity contribution is -0.113. The molecule has 1 N–H and O–H groups in total. The van der Waals surface area contributed by atoms with Gasteiger partial charge in [-0.1, -0.05) is 65.4 Å². The summed E-state index contributed by atoms with van der Waals surface area (Å²) in [4.78, 5) is 26.4. The number of aromatic carboxylic acids is 1. The largest absolute Gasteiger partial charge is 0.490 e. The van der Waals surface area contributed by atoms with Gasteiger partial charge in [0.05, 0.1) is 22.8 Å². The SMILES string of the molecule is C=CCc1cc(/C=C2/SC(=S)N(c3cccc(C(=O)O)c3)C2=O)cc(OCC)c1OCc1ccc(Cl)cc1Cl. The number of carbonyl (C=O) groups excluding carboxylic acids is 1. The smallest absolute Gasteiger partial charge is 0.335 e. The van der Waals surface area contributed by atoms with Gasteiger partial charge >= 0.3 is 5.97 Å². The van der Waals surface area contributed by atoms with Crippen molar-refractivity contribution in [3.8, 4) is 11.5 Å². The molecule has 1 fully saturated rings. The Hall–Kier alpha value is -3.30. The van der Waals surface area contributed by atoms with Gasteiger partial charge in [-0.05, 0) is 67.4 Å². The van der Waals surface area contributed by atoms with Gasteiger partial charge in [-0.3, -0.25) is 9.69 Å². The summed E-state index contributed by atoms with van der Waals surface area (Å²) in [5, 5.41) is 10.4. The molecule has 0 bridgehead atoms. The molecule has 1 amide bonds. The van der Waals surface area contributed by atoms with Gasteiger partial charge in [0.15, 0.2) is 15.8 Å². The number of benzene rings is 3. The second-order valence-corrected chi connectivity index (χ2v) is 10.8. The molecule has 3 aromatic carbocycles. The number of ether oxygens (including phenoxy) is 2. The van der Waals surface area contributed by atoms with Crippen molar-refractivity contribution < 1.29 is 24.2 Å². The molecule has 6 nitrogen and oxygen atoms in total. The Morgan fingerprint density at radius 1 is 1.13 bits per heavy atom. The summed E-state index contributed by atoms with van der Waals surface area (Å²) in [6, 6.07) is 15.0. The van der Waals surface area contributed by atoms with Crippen molar-refractivity contribution in [3.63, 3.8) is 0 Å². The highest BCUT2D eigenvalue weighted by Crippen LogP contribution is 2.39. The zero-order valence-corrected chi connectivity index (χ0v) is 23.9. The summed E-state index contributed by atoms with van der Waals surface area (Å²) in [6.45, 7) is 6.33. The van der Waals surface area contributed by atoms with E-state index < -0.39 is 5.97 Å². The molecule has 39 heavy (non-hydrogen) atoms. The first-order chi connectivity index (χ1) is 18.7. The third kappa shape index (κ3) is 6.65. The number of anilines is 1. The average Bonchev–Trinajstić information content (AvgIpc) is 3.17. The van der Waals surface area contributed by atoms with Crippen LogP contribution in [0.3, 0.4) is 0 Å². The van der Waals surface area contributed by atoms with Crippen molar-refractivity contribution in [2.75, 3.05) is 11.5 Å².